The van der Waals surface area contributed by atoms with Gasteiger partial charge in [-0.15, -0.1) is 0 Å². The zero-order valence-electron chi connectivity index (χ0n) is 13.0. The van der Waals surface area contributed by atoms with Crippen molar-refractivity contribution in [3.8, 4) is 0 Å². The molecule has 0 saturated heterocycles. The van der Waals surface area contributed by atoms with Gasteiger partial charge in [0, 0.05) is 47.8 Å². The predicted octanol–water partition coefficient (Wildman–Crippen LogP) is 4.30. The molecule has 0 aromatic heterocycles. The third-order valence-electron chi connectivity index (χ3n) is 3.56. The van der Waals surface area contributed by atoms with Crippen molar-refractivity contribution in [2.75, 3.05) is 26.1 Å². The molecule has 0 amide bonds. The summed E-state index contributed by atoms with van der Waals surface area (Å²) in [5, 5.41) is 11.7. The molecule has 0 aliphatic heterocycles. The van der Waals surface area contributed by atoms with E-state index in [1.165, 1.54) is 13.2 Å². The first-order valence-electron chi connectivity index (χ1n) is 6.86. The first-order valence-corrected chi connectivity index (χ1v) is 9.31. The maximum Gasteiger partial charge on any atom is 0.263 e. The van der Waals surface area contributed by atoms with E-state index in [4.69, 9.17) is 27.7 Å². The molecule has 2 aromatic rings. The van der Waals surface area contributed by atoms with Gasteiger partial charge in [-0.1, -0.05) is 29.3 Å². The van der Waals surface area contributed by atoms with Crippen molar-refractivity contribution < 1.29 is 14.2 Å². The van der Waals surface area contributed by atoms with Crippen LogP contribution < -0.4 is 10.2 Å². The second kappa shape index (κ2) is 7.25. The number of hydrogen-bond acceptors (Lipinski definition) is 4. The summed E-state index contributed by atoms with van der Waals surface area (Å²) >= 11 is 12.0. The molecule has 23 heavy (non-hydrogen) atoms. The van der Waals surface area contributed by atoms with Crippen LogP contribution in [0, 0.1) is 0 Å². The van der Waals surface area contributed by atoms with E-state index >= 15 is 0 Å². The number of anilines is 1. The first kappa shape index (κ1) is 18.3. The Morgan fingerprint density at radius 3 is 2.22 bits per heavy atom. The van der Waals surface area contributed by atoms with Gasteiger partial charge in [-0.05, 0) is 36.4 Å². The Labute approximate surface area is 146 Å². The summed E-state index contributed by atoms with van der Waals surface area (Å²) in [6.45, 7) is 0. The minimum Gasteiger partial charge on any atom is -0.378 e. The normalized spacial score (nSPS) is 15.0. The van der Waals surface area contributed by atoms with Gasteiger partial charge in [-0.3, -0.25) is 4.57 Å². The highest BCUT2D eigenvalue weighted by Crippen LogP contribution is 2.58. The van der Waals surface area contributed by atoms with E-state index < -0.39 is 13.2 Å². The average molecular weight is 374 g/mol. The Balaban J connectivity index is 2.44. The minimum absolute atomic E-state index is 0.243. The molecule has 0 fully saturated rings. The molecule has 124 valence electrons. The molecule has 4 nitrogen and oxygen atoms in total. The van der Waals surface area contributed by atoms with Gasteiger partial charge in [-0.2, -0.15) is 0 Å². The number of aliphatic hydroxyl groups is 1. The molecule has 0 radical (unpaired) electrons. The zero-order valence-corrected chi connectivity index (χ0v) is 15.4. The SMILES string of the molecule is CO[P@](=O)(c1ccc(N(C)C)cc1)[C@@H](O)c1ccc(Cl)cc1Cl. The summed E-state index contributed by atoms with van der Waals surface area (Å²) in [6.07, 6.45) is 0. The molecular weight excluding hydrogens is 356 g/mol. The molecule has 0 aliphatic rings. The van der Waals surface area contributed by atoms with Crippen LogP contribution in [0.2, 0.25) is 10.0 Å². The molecular formula is C16H18Cl2NO3P. The summed E-state index contributed by atoms with van der Waals surface area (Å²) in [5.41, 5.74) is 1.27. The highest BCUT2D eigenvalue weighted by molar-refractivity contribution is 7.67. The monoisotopic (exact) mass is 373 g/mol. The first-order chi connectivity index (χ1) is 10.8. The van der Waals surface area contributed by atoms with Gasteiger partial charge in [0.05, 0.1) is 0 Å². The third kappa shape index (κ3) is 3.73. The fourth-order valence-electron chi connectivity index (χ4n) is 2.20. The second-order valence-corrected chi connectivity index (χ2v) is 8.64. The molecule has 0 spiro atoms. The van der Waals surface area contributed by atoms with E-state index in [-0.39, 0.29) is 5.02 Å². The quantitative estimate of drug-likeness (QED) is 0.793. The fraction of sp³-hybridized carbons (Fsp3) is 0.250. The molecule has 2 rings (SSSR count). The van der Waals surface area contributed by atoms with Gasteiger partial charge in [-0.25, -0.2) is 0 Å². The van der Waals surface area contributed by atoms with E-state index in [1.807, 2.05) is 31.1 Å². The highest BCUT2D eigenvalue weighted by atomic mass is 35.5. The molecule has 0 unspecified atom stereocenters. The molecule has 0 saturated carbocycles. The summed E-state index contributed by atoms with van der Waals surface area (Å²) in [4.78, 5) is 1.92. The predicted molar refractivity (Wildman–Crippen MR) is 96.4 cm³/mol. The molecule has 2 aromatic carbocycles. The van der Waals surface area contributed by atoms with Crippen LogP contribution in [0.1, 0.15) is 11.4 Å². The largest absolute Gasteiger partial charge is 0.378 e. The van der Waals surface area contributed by atoms with Crippen molar-refractivity contribution in [1.29, 1.82) is 0 Å². The summed E-state index contributed by atoms with van der Waals surface area (Å²) < 4.78 is 18.5. The van der Waals surface area contributed by atoms with E-state index in [1.54, 1.807) is 24.3 Å². The number of hydrogen-bond donors (Lipinski definition) is 1. The van der Waals surface area contributed by atoms with Crippen molar-refractivity contribution in [3.05, 3.63) is 58.1 Å². The molecule has 2 atom stereocenters. The summed E-state index contributed by atoms with van der Waals surface area (Å²) in [6, 6.07) is 11.6. The molecule has 0 heterocycles. The average Bonchev–Trinajstić information content (AvgIpc) is 2.53. The molecule has 7 heteroatoms. The lowest BCUT2D eigenvalue weighted by Gasteiger charge is -2.24. The molecule has 0 aliphatic carbocycles. The van der Waals surface area contributed by atoms with Crippen LogP contribution in [0.25, 0.3) is 0 Å². The van der Waals surface area contributed by atoms with Gasteiger partial charge in [0.2, 0.25) is 0 Å². The van der Waals surface area contributed by atoms with Gasteiger partial charge < -0.3 is 14.5 Å². The number of nitrogens with zero attached hydrogens (tertiary/aromatic N) is 1. The second-order valence-electron chi connectivity index (χ2n) is 5.23. The number of benzene rings is 2. The minimum atomic E-state index is -3.55. The van der Waals surface area contributed by atoms with Gasteiger partial charge in [0.25, 0.3) is 7.37 Å². The van der Waals surface area contributed by atoms with Crippen molar-refractivity contribution in [1.82, 2.24) is 0 Å². The zero-order chi connectivity index (χ0) is 17.2. The van der Waals surface area contributed by atoms with Crippen LogP contribution in [0.4, 0.5) is 5.69 Å². The molecule has 1 N–H and O–H groups in total. The van der Waals surface area contributed by atoms with E-state index in [2.05, 4.69) is 0 Å². The lowest BCUT2D eigenvalue weighted by atomic mass is 10.2. The van der Waals surface area contributed by atoms with Gasteiger partial charge >= 0.3 is 0 Å². The van der Waals surface area contributed by atoms with Gasteiger partial charge in [0.15, 0.2) is 5.85 Å². The van der Waals surface area contributed by atoms with Crippen molar-refractivity contribution in [2.24, 2.45) is 0 Å². The highest BCUT2D eigenvalue weighted by Gasteiger charge is 2.36. The Morgan fingerprint density at radius 2 is 1.74 bits per heavy atom. The fourth-order valence-corrected chi connectivity index (χ4v) is 4.64. The molecule has 0 bridgehead atoms. The van der Waals surface area contributed by atoms with Crippen LogP contribution in [0.3, 0.4) is 0 Å². The van der Waals surface area contributed by atoms with Crippen LogP contribution in [-0.4, -0.2) is 26.3 Å². The summed E-state index contributed by atoms with van der Waals surface area (Å²) in [5.74, 6) is -1.37. The van der Waals surface area contributed by atoms with Crippen LogP contribution in [0.5, 0.6) is 0 Å². The number of aliphatic hydroxyl groups excluding tert-OH is 1. The maximum absolute atomic E-state index is 13.2. The number of rotatable bonds is 5. The van der Waals surface area contributed by atoms with Gasteiger partial charge in [0.1, 0.15) is 0 Å². The lowest BCUT2D eigenvalue weighted by molar-refractivity contribution is 0.229. The Kier molecular flexibility index (Phi) is 5.77. The Morgan fingerprint density at radius 1 is 1.13 bits per heavy atom. The topological polar surface area (TPSA) is 49.8 Å². The van der Waals surface area contributed by atoms with Crippen LogP contribution in [-0.2, 0) is 9.09 Å². The van der Waals surface area contributed by atoms with Crippen LogP contribution in [0.15, 0.2) is 42.5 Å². The summed E-state index contributed by atoms with van der Waals surface area (Å²) in [7, 11) is 1.58. The van der Waals surface area contributed by atoms with Crippen LogP contribution >= 0.6 is 30.6 Å². The third-order valence-corrected chi connectivity index (χ3v) is 6.60. The van der Waals surface area contributed by atoms with E-state index in [0.717, 1.165) is 5.69 Å². The lowest BCUT2D eigenvalue weighted by Crippen LogP contribution is -2.15. The number of halogens is 2. The Bertz CT molecular complexity index is 735. The van der Waals surface area contributed by atoms with E-state index in [9.17, 15) is 9.67 Å². The smallest absolute Gasteiger partial charge is 0.263 e. The standard InChI is InChI=1S/C16H18Cl2NO3P/c1-19(2)12-5-7-13(8-6-12)23(21,22-3)16(20)14-9-4-11(17)10-15(14)18/h4-10,16,20H,1-3H3/t16-,23-/m1/s1. The Hall–Kier alpha value is -1.03. The van der Waals surface area contributed by atoms with Crippen molar-refractivity contribution in [3.63, 3.8) is 0 Å². The van der Waals surface area contributed by atoms with Crippen molar-refractivity contribution in [2.45, 2.75) is 5.85 Å². The van der Waals surface area contributed by atoms with E-state index in [0.29, 0.717) is 15.9 Å². The van der Waals surface area contributed by atoms with Crippen molar-refractivity contribution >= 4 is 41.6 Å². The maximum atomic E-state index is 13.2.